The normalized spacial score (nSPS) is 10.6. The van der Waals surface area contributed by atoms with Gasteiger partial charge in [0.2, 0.25) is 0 Å². The van der Waals surface area contributed by atoms with Gasteiger partial charge in [-0.1, -0.05) is 27.5 Å². The Morgan fingerprint density at radius 3 is 2.38 bits per heavy atom. The number of nitrogens with one attached hydrogen (secondary N) is 1. The van der Waals surface area contributed by atoms with E-state index < -0.39 is 0 Å². The van der Waals surface area contributed by atoms with Crippen LogP contribution in [0.1, 0.15) is 29.8 Å². The van der Waals surface area contributed by atoms with E-state index in [0.717, 1.165) is 10.0 Å². The third-order valence-electron chi connectivity index (χ3n) is 3.54. The molecule has 0 spiro atoms. The lowest BCUT2D eigenvalue weighted by Crippen LogP contribution is -2.24. The minimum atomic E-state index is -0.257. The van der Waals surface area contributed by atoms with Crippen molar-refractivity contribution in [2.24, 2.45) is 0 Å². The van der Waals surface area contributed by atoms with Crippen LogP contribution in [0, 0.1) is 0 Å². The van der Waals surface area contributed by atoms with Crippen molar-refractivity contribution in [1.82, 2.24) is 5.32 Å². The van der Waals surface area contributed by atoms with Gasteiger partial charge in [-0.05, 0) is 43.7 Å². The van der Waals surface area contributed by atoms with E-state index in [1.165, 1.54) is 0 Å². The van der Waals surface area contributed by atoms with Gasteiger partial charge in [0.1, 0.15) is 5.75 Å². The fourth-order valence-electron chi connectivity index (χ4n) is 2.34. The molecule has 0 saturated heterocycles. The number of ether oxygens (including phenoxy) is 3. The van der Waals surface area contributed by atoms with Crippen molar-refractivity contribution in [2.75, 3.05) is 14.2 Å². The fraction of sp³-hybridized carbons (Fsp3) is 0.316. The molecule has 1 N–H and O–H groups in total. The largest absolute Gasteiger partial charge is 0.493 e. The Bertz CT molecular complexity index is 795. The molecule has 5 nitrogen and oxygen atoms in total. The summed E-state index contributed by atoms with van der Waals surface area (Å²) in [5, 5.41) is 3.35. The van der Waals surface area contributed by atoms with Crippen LogP contribution in [-0.4, -0.2) is 26.2 Å². The van der Waals surface area contributed by atoms with Crippen LogP contribution < -0.4 is 19.5 Å². The summed E-state index contributed by atoms with van der Waals surface area (Å²) in [6, 6.07) is 8.73. The monoisotopic (exact) mass is 441 g/mol. The van der Waals surface area contributed by atoms with Crippen molar-refractivity contribution in [3.05, 3.63) is 51.0 Å². The second kappa shape index (κ2) is 9.14. The van der Waals surface area contributed by atoms with Crippen LogP contribution in [0.15, 0.2) is 34.8 Å². The molecule has 0 aliphatic rings. The molecule has 0 unspecified atom stereocenters. The number of hydrogen-bond donors (Lipinski definition) is 1. The molecule has 140 valence electrons. The van der Waals surface area contributed by atoms with Gasteiger partial charge in [-0.25, -0.2) is 0 Å². The molecule has 7 heteroatoms. The van der Waals surface area contributed by atoms with Gasteiger partial charge in [0.05, 0.1) is 25.9 Å². The first-order valence-corrected chi connectivity index (χ1v) is 9.17. The SMILES string of the molecule is COc1cc(Cl)c(CNC(=O)c2cc(Br)ccc2OC(C)C)cc1OC. The summed E-state index contributed by atoms with van der Waals surface area (Å²) >= 11 is 9.66. The van der Waals surface area contributed by atoms with Crippen LogP contribution >= 0.6 is 27.5 Å². The second-order valence-electron chi connectivity index (χ2n) is 5.79. The van der Waals surface area contributed by atoms with Gasteiger partial charge in [0.15, 0.2) is 11.5 Å². The van der Waals surface area contributed by atoms with Gasteiger partial charge in [-0.2, -0.15) is 0 Å². The fourth-order valence-corrected chi connectivity index (χ4v) is 2.92. The van der Waals surface area contributed by atoms with E-state index in [1.54, 1.807) is 38.5 Å². The number of hydrogen-bond acceptors (Lipinski definition) is 4. The maximum absolute atomic E-state index is 12.7. The zero-order valence-electron chi connectivity index (χ0n) is 15.1. The first-order valence-electron chi connectivity index (χ1n) is 8.00. The van der Waals surface area contributed by atoms with Crippen LogP contribution in [-0.2, 0) is 6.54 Å². The van der Waals surface area contributed by atoms with E-state index in [1.807, 2.05) is 19.9 Å². The summed E-state index contributed by atoms with van der Waals surface area (Å²) < 4.78 is 17.0. The summed E-state index contributed by atoms with van der Waals surface area (Å²) in [4.78, 5) is 12.7. The van der Waals surface area contributed by atoms with Crippen molar-refractivity contribution in [3.8, 4) is 17.2 Å². The predicted molar refractivity (Wildman–Crippen MR) is 106 cm³/mol. The van der Waals surface area contributed by atoms with Gasteiger partial charge in [-0.15, -0.1) is 0 Å². The van der Waals surface area contributed by atoms with Gasteiger partial charge in [-0.3, -0.25) is 4.79 Å². The van der Waals surface area contributed by atoms with Crippen LogP contribution in [0.2, 0.25) is 5.02 Å². The maximum atomic E-state index is 12.7. The van der Waals surface area contributed by atoms with E-state index >= 15 is 0 Å². The molecule has 2 rings (SSSR count). The number of rotatable bonds is 7. The lowest BCUT2D eigenvalue weighted by atomic mass is 10.1. The molecule has 2 aromatic rings. The van der Waals surface area contributed by atoms with Gasteiger partial charge in [0, 0.05) is 22.1 Å². The van der Waals surface area contributed by atoms with Gasteiger partial charge >= 0.3 is 0 Å². The molecule has 2 aromatic carbocycles. The minimum absolute atomic E-state index is 0.0389. The van der Waals surface area contributed by atoms with Crippen molar-refractivity contribution in [1.29, 1.82) is 0 Å². The second-order valence-corrected chi connectivity index (χ2v) is 7.11. The number of carbonyl (C=O) groups excluding carboxylic acids is 1. The first kappa shape index (κ1) is 20.4. The highest BCUT2D eigenvalue weighted by molar-refractivity contribution is 9.10. The van der Waals surface area contributed by atoms with E-state index in [9.17, 15) is 4.79 Å². The quantitative estimate of drug-likeness (QED) is 0.667. The summed E-state index contributed by atoms with van der Waals surface area (Å²) in [6.07, 6.45) is -0.0389. The smallest absolute Gasteiger partial charge is 0.255 e. The molecule has 0 heterocycles. The predicted octanol–water partition coefficient (Wildman–Crippen LogP) is 4.84. The highest BCUT2D eigenvalue weighted by Crippen LogP contribution is 2.33. The number of amides is 1. The standard InChI is InChI=1S/C19H21BrClNO4/c1-11(2)26-16-6-5-13(20)8-14(16)19(23)22-10-12-7-17(24-3)18(25-4)9-15(12)21/h5-9,11H,10H2,1-4H3,(H,22,23). The molecular formula is C19H21BrClNO4. The molecule has 0 atom stereocenters. The molecule has 0 fully saturated rings. The number of carbonyl (C=O) groups is 1. The minimum Gasteiger partial charge on any atom is -0.493 e. The van der Waals surface area contributed by atoms with Crippen LogP contribution in [0.25, 0.3) is 0 Å². The Balaban J connectivity index is 2.20. The number of methoxy groups -OCH3 is 2. The van der Waals surface area contributed by atoms with E-state index in [2.05, 4.69) is 21.2 Å². The van der Waals surface area contributed by atoms with Crippen LogP contribution in [0.3, 0.4) is 0 Å². The topological polar surface area (TPSA) is 56.8 Å². The summed E-state index contributed by atoms with van der Waals surface area (Å²) in [5.41, 5.74) is 1.17. The Morgan fingerprint density at radius 2 is 1.77 bits per heavy atom. The van der Waals surface area contributed by atoms with E-state index in [-0.39, 0.29) is 18.6 Å². The summed E-state index contributed by atoms with van der Waals surface area (Å²) in [5.74, 6) is 1.35. The number of halogens is 2. The Kier molecular flexibility index (Phi) is 7.17. The van der Waals surface area contributed by atoms with Crippen molar-refractivity contribution in [3.63, 3.8) is 0 Å². The summed E-state index contributed by atoms with van der Waals surface area (Å²) in [7, 11) is 3.09. The Morgan fingerprint density at radius 1 is 1.12 bits per heavy atom. The molecule has 0 radical (unpaired) electrons. The molecule has 0 saturated carbocycles. The Labute approximate surface area is 166 Å². The van der Waals surface area contributed by atoms with E-state index in [0.29, 0.717) is 27.8 Å². The third-order valence-corrected chi connectivity index (χ3v) is 4.39. The zero-order valence-corrected chi connectivity index (χ0v) is 17.4. The highest BCUT2D eigenvalue weighted by atomic mass is 79.9. The highest BCUT2D eigenvalue weighted by Gasteiger charge is 2.16. The lowest BCUT2D eigenvalue weighted by Gasteiger charge is -2.15. The zero-order chi connectivity index (χ0) is 19.3. The molecule has 0 bridgehead atoms. The van der Waals surface area contributed by atoms with Gasteiger partial charge in [0.25, 0.3) is 5.91 Å². The van der Waals surface area contributed by atoms with Crippen molar-refractivity contribution < 1.29 is 19.0 Å². The molecule has 0 aliphatic heterocycles. The maximum Gasteiger partial charge on any atom is 0.255 e. The molecule has 1 amide bonds. The third kappa shape index (κ3) is 5.05. The van der Waals surface area contributed by atoms with Crippen molar-refractivity contribution >= 4 is 33.4 Å². The Hall–Kier alpha value is -1.92. The number of benzene rings is 2. The molecule has 0 aromatic heterocycles. The first-order chi connectivity index (χ1) is 12.3. The van der Waals surface area contributed by atoms with Crippen molar-refractivity contribution in [2.45, 2.75) is 26.5 Å². The lowest BCUT2D eigenvalue weighted by molar-refractivity contribution is 0.0945. The van der Waals surface area contributed by atoms with E-state index in [4.69, 9.17) is 25.8 Å². The average molecular weight is 443 g/mol. The molecule has 26 heavy (non-hydrogen) atoms. The molecular weight excluding hydrogens is 422 g/mol. The van der Waals surface area contributed by atoms with Crippen LogP contribution in [0.5, 0.6) is 17.2 Å². The summed E-state index contributed by atoms with van der Waals surface area (Å²) in [6.45, 7) is 4.06. The van der Waals surface area contributed by atoms with Crippen LogP contribution in [0.4, 0.5) is 0 Å². The molecule has 0 aliphatic carbocycles. The van der Waals surface area contributed by atoms with Gasteiger partial charge < -0.3 is 19.5 Å². The average Bonchev–Trinajstić information content (AvgIpc) is 2.61.